The Kier molecular flexibility index (Phi) is 4.12. The van der Waals surface area contributed by atoms with Crippen molar-refractivity contribution in [3.63, 3.8) is 0 Å². The number of anilines is 1. The first-order chi connectivity index (χ1) is 9.22. The molecule has 2 aromatic rings. The molecule has 1 nitrogen and oxygen atoms in total. The van der Waals surface area contributed by atoms with Crippen LogP contribution in [0.4, 0.5) is 5.69 Å². The van der Waals surface area contributed by atoms with Gasteiger partial charge in [0.25, 0.3) is 0 Å². The van der Waals surface area contributed by atoms with Gasteiger partial charge < -0.3 is 5.32 Å². The third-order valence-corrected chi connectivity index (χ3v) is 5.81. The molecule has 1 N–H and O–H groups in total. The Morgan fingerprint density at radius 1 is 1.16 bits per heavy atom. The molecule has 1 atom stereocenters. The van der Waals surface area contributed by atoms with Gasteiger partial charge in [-0.25, -0.2) is 0 Å². The van der Waals surface area contributed by atoms with Gasteiger partial charge in [0.2, 0.25) is 0 Å². The molecule has 0 fully saturated rings. The Hall–Kier alpha value is -0.550. The topological polar surface area (TPSA) is 12.0 Å². The van der Waals surface area contributed by atoms with Gasteiger partial charge in [-0.1, -0.05) is 0 Å². The van der Waals surface area contributed by atoms with E-state index in [1.165, 1.54) is 39.8 Å². The van der Waals surface area contributed by atoms with Crippen LogP contribution in [0.2, 0.25) is 0 Å². The Labute approximate surface area is 132 Å². The summed E-state index contributed by atoms with van der Waals surface area (Å²) in [5.74, 6) is 0. The molecule has 0 bridgehead atoms. The number of halogens is 1. The van der Waals surface area contributed by atoms with Crippen molar-refractivity contribution in [2.45, 2.75) is 38.6 Å². The minimum absolute atomic E-state index is 0.399. The van der Waals surface area contributed by atoms with E-state index in [4.69, 9.17) is 0 Å². The number of hydrogen-bond donors (Lipinski definition) is 1. The molecule has 1 unspecified atom stereocenters. The molecule has 1 aromatic heterocycles. The molecule has 0 amide bonds. The monoisotopic (exact) mass is 383 g/mol. The van der Waals surface area contributed by atoms with Crippen LogP contribution >= 0.6 is 33.9 Å². The van der Waals surface area contributed by atoms with Crippen LogP contribution in [0, 0.1) is 3.57 Å². The van der Waals surface area contributed by atoms with Gasteiger partial charge >= 0.3 is 0 Å². The van der Waals surface area contributed by atoms with Gasteiger partial charge in [0.1, 0.15) is 0 Å². The van der Waals surface area contributed by atoms with Crippen molar-refractivity contribution < 1.29 is 0 Å². The zero-order chi connectivity index (χ0) is 13.2. The minimum Gasteiger partial charge on any atom is -0.378 e. The van der Waals surface area contributed by atoms with Gasteiger partial charge in [-0.3, -0.25) is 0 Å². The predicted molar refractivity (Wildman–Crippen MR) is 92.2 cm³/mol. The number of aryl methyl sites for hydroxylation is 2. The first kappa shape index (κ1) is 13.4. The molecule has 0 saturated heterocycles. The van der Waals surface area contributed by atoms with Crippen LogP contribution < -0.4 is 5.32 Å². The quantitative estimate of drug-likeness (QED) is 0.700. The van der Waals surface area contributed by atoms with E-state index in [1.54, 1.807) is 10.4 Å². The molecule has 1 aliphatic rings. The highest BCUT2D eigenvalue weighted by Crippen LogP contribution is 2.34. The van der Waals surface area contributed by atoms with Crippen LogP contribution in [0.3, 0.4) is 0 Å². The summed E-state index contributed by atoms with van der Waals surface area (Å²) in [5, 5.41) is 3.60. The van der Waals surface area contributed by atoms with Gasteiger partial charge in [-0.15, -0.1) is 11.3 Å². The van der Waals surface area contributed by atoms with E-state index in [0.717, 1.165) is 0 Å². The lowest BCUT2D eigenvalue weighted by atomic mass is 9.99. The zero-order valence-corrected chi connectivity index (χ0v) is 14.1. The maximum atomic E-state index is 3.60. The second-order valence-corrected chi connectivity index (χ2v) is 7.59. The van der Waals surface area contributed by atoms with E-state index < -0.39 is 0 Å². The van der Waals surface area contributed by atoms with Crippen LogP contribution in [0.1, 0.15) is 41.1 Å². The number of nitrogens with one attached hydrogen (secondary N) is 1. The van der Waals surface area contributed by atoms with E-state index in [0.29, 0.717) is 6.04 Å². The van der Waals surface area contributed by atoms with E-state index in [9.17, 15) is 0 Å². The third-order valence-electron chi connectivity index (χ3n) is 3.67. The zero-order valence-electron chi connectivity index (χ0n) is 11.1. The fourth-order valence-corrected chi connectivity index (χ4v) is 4.21. The van der Waals surface area contributed by atoms with E-state index >= 15 is 0 Å². The van der Waals surface area contributed by atoms with Crippen LogP contribution in [-0.2, 0) is 12.8 Å². The predicted octanol–water partition coefficient (Wildman–Crippen LogP) is 5.40. The van der Waals surface area contributed by atoms with Gasteiger partial charge in [-0.05, 0) is 91.1 Å². The maximum Gasteiger partial charge on any atom is 0.0578 e. The van der Waals surface area contributed by atoms with Crippen molar-refractivity contribution in [3.05, 3.63) is 49.2 Å². The normalized spacial score (nSPS) is 15.9. The van der Waals surface area contributed by atoms with Gasteiger partial charge in [0, 0.05) is 19.0 Å². The fraction of sp³-hybridized carbons (Fsp3) is 0.375. The minimum atomic E-state index is 0.399. The molecule has 0 aliphatic heterocycles. The Morgan fingerprint density at radius 3 is 2.63 bits per heavy atom. The van der Waals surface area contributed by atoms with Crippen LogP contribution in [0.25, 0.3) is 0 Å². The van der Waals surface area contributed by atoms with E-state index in [1.807, 2.05) is 11.3 Å². The molecule has 0 saturated carbocycles. The molecular weight excluding hydrogens is 365 g/mol. The lowest BCUT2D eigenvalue weighted by Crippen LogP contribution is -2.04. The summed E-state index contributed by atoms with van der Waals surface area (Å²) in [5.41, 5.74) is 2.81. The average Bonchev–Trinajstić information content (AvgIpc) is 2.85. The molecule has 1 heterocycles. The Morgan fingerprint density at radius 2 is 1.89 bits per heavy atom. The van der Waals surface area contributed by atoms with Gasteiger partial charge in [0.15, 0.2) is 0 Å². The molecule has 3 heteroatoms. The first-order valence-electron chi connectivity index (χ1n) is 6.86. The van der Waals surface area contributed by atoms with Crippen LogP contribution in [-0.4, -0.2) is 0 Å². The summed E-state index contributed by atoms with van der Waals surface area (Å²) < 4.78 is 1.28. The van der Waals surface area contributed by atoms with Gasteiger partial charge in [-0.2, -0.15) is 0 Å². The smallest absolute Gasteiger partial charge is 0.0578 e. The summed E-state index contributed by atoms with van der Waals surface area (Å²) in [6.45, 7) is 2.26. The molecule has 19 heavy (non-hydrogen) atoms. The van der Waals surface area contributed by atoms with Crippen molar-refractivity contribution in [1.29, 1.82) is 0 Å². The largest absolute Gasteiger partial charge is 0.378 e. The molecule has 100 valence electrons. The Balaban J connectivity index is 1.74. The number of fused-ring (bicyclic) bond motifs is 1. The maximum absolute atomic E-state index is 3.60. The second kappa shape index (κ2) is 5.83. The molecular formula is C16H18INS. The highest BCUT2D eigenvalue weighted by atomic mass is 127. The van der Waals surface area contributed by atoms with Crippen molar-refractivity contribution in [2.24, 2.45) is 0 Å². The second-order valence-electron chi connectivity index (χ2n) is 5.18. The number of thiophene rings is 1. The lowest BCUT2D eigenvalue weighted by molar-refractivity contribution is 0.696. The van der Waals surface area contributed by atoms with Crippen molar-refractivity contribution in [3.8, 4) is 0 Å². The van der Waals surface area contributed by atoms with Crippen molar-refractivity contribution in [2.75, 3.05) is 5.32 Å². The molecule has 1 aliphatic carbocycles. The summed E-state index contributed by atoms with van der Waals surface area (Å²) in [6.07, 6.45) is 5.30. The SMILES string of the molecule is CC(Nc1ccc(I)cc1)c1cc2c(s1)CCCC2. The highest BCUT2D eigenvalue weighted by molar-refractivity contribution is 14.1. The number of rotatable bonds is 3. The third kappa shape index (κ3) is 3.14. The molecule has 3 rings (SSSR count). The average molecular weight is 383 g/mol. The van der Waals surface area contributed by atoms with Crippen LogP contribution in [0.15, 0.2) is 30.3 Å². The summed E-state index contributed by atoms with van der Waals surface area (Å²) in [6, 6.07) is 11.4. The molecule has 0 radical (unpaired) electrons. The molecule has 1 aromatic carbocycles. The van der Waals surface area contributed by atoms with Crippen molar-refractivity contribution >= 4 is 39.6 Å². The van der Waals surface area contributed by atoms with Crippen LogP contribution in [0.5, 0.6) is 0 Å². The van der Waals surface area contributed by atoms with E-state index in [-0.39, 0.29) is 0 Å². The summed E-state index contributed by atoms with van der Waals surface area (Å²) in [4.78, 5) is 3.10. The van der Waals surface area contributed by atoms with E-state index in [2.05, 4.69) is 65.2 Å². The standard InChI is InChI=1S/C16H18INS/c1-11(18-14-8-6-13(17)7-9-14)16-10-12-4-2-3-5-15(12)19-16/h6-11,18H,2-5H2,1H3. The Bertz CT molecular complexity index is 535. The summed E-state index contributed by atoms with van der Waals surface area (Å²) in [7, 11) is 0. The highest BCUT2D eigenvalue weighted by Gasteiger charge is 2.16. The summed E-state index contributed by atoms with van der Waals surface area (Å²) >= 11 is 4.34. The van der Waals surface area contributed by atoms with Crippen molar-refractivity contribution in [1.82, 2.24) is 0 Å². The lowest BCUT2D eigenvalue weighted by Gasteiger charge is -2.13. The first-order valence-corrected chi connectivity index (χ1v) is 8.75. The van der Waals surface area contributed by atoms with Gasteiger partial charge in [0.05, 0.1) is 6.04 Å². The molecule has 0 spiro atoms. The number of hydrogen-bond acceptors (Lipinski definition) is 2. The fourth-order valence-electron chi connectivity index (χ4n) is 2.59. The number of benzene rings is 1.